The third-order valence-corrected chi connectivity index (χ3v) is 13.0. The Balaban J connectivity index is 1.45. The first-order chi connectivity index (χ1) is 28.5. The lowest BCUT2D eigenvalue weighted by molar-refractivity contribution is 0.104. The first-order valence-corrected chi connectivity index (χ1v) is 22.2. The number of nitrogens with zero attached hydrogens (tertiary/aromatic N) is 2. The fourth-order valence-electron chi connectivity index (χ4n) is 8.96. The van der Waals surface area contributed by atoms with E-state index in [9.17, 15) is 29.4 Å². The minimum absolute atomic E-state index is 0.0929. The molecule has 4 N–H and O–H groups in total. The number of aliphatic hydroxyl groups is 2. The Kier molecular flexibility index (Phi) is 17.2. The number of rotatable bonds is 20. The van der Waals surface area contributed by atoms with Gasteiger partial charge in [0.15, 0.2) is 0 Å². The van der Waals surface area contributed by atoms with Gasteiger partial charge in [0.2, 0.25) is 11.6 Å². The highest BCUT2D eigenvalue weighted by atomic mass is 16.7. The largest absolute Gasteiger partial charge is 0.433 e. The molecule has 2 saturated carbocycles. The minimum Gasteiger partial charge on any atom is -0.396 e. The standard InChI is InChI=1S/C47H66N4O8/c1-5-31(3)25-41(50-58-45(56)48-29-33-13-9-7-10-14-33)43(54)35-17-19-39-37(27-35)38-28-36(18-20-40(38)47(39,21-23-52)22-24-53)44(55)42(26-32(4)6-2)51-59-46(57)49-30-34-15-11-8-12-16-34/h17-20,27-28,31-34,52-53H,5-16,21-26,29-30H2,1-4H3,(H,48,56)(H,49,57)/b50-41+,51-42+. The van der Waals surface area contributed by atoms with Crippen molar-refractivity contribution >= 4 is 35.2 Å². The van der Waals surface area contributed by atoms with Crippen LogP contribution in [0, 0.1) is 23.7 Å². The number of fused-ring (bicyclic) bond motifs is 3. The van der Waals surface area contributed by atoms with E-state index in [4.69, 9.17) is 9.68 Å². The highest BCUT2D eigenvalue weighted by Crippen LogP contribution is 2.53. The molecule has 2 aromatic carbocycles. The lowest BCUT2D eigenvalue weighted by atomic mass is 9.73. The van der Waals surface area contributed by atoms with Gasteiger partial charge in [0, 0.05) is 42.8 Å². The number of carbonyl (C=O) groups excluding carboxylic acids is 4. The maximum absolute atomic E-state index is 14.3. The molecule has 0 saturated heterocycles. The van der Waals surface area contributed by atoms with Gasteiger partial charge in [-0.05, 0) is 109 Å². The Labute approximate surface area is 350 Å². The molecule has 5 rings (SSSR count). The van der Waals surface area contributed by atoms with E-state index in [1.165, 1.54) is 12.8 Å². The van der Waals surface area contributed by atoms with Gasteiger partial charge < -0.3 is 20.8 Å². The van der Waals surface area contributed by atoms with Gasteiger partial charge in [0.25, 0.3) is 0 Å². The molecule has 2 aromatic rings. The van der Waals surface area contributed by atoms with Gasteiger partial charge >= 0.3 is 12.2 Å². The number of benzene rings is 2. The Bertz CT molecular complexity index is 1700. The number of amides is 2. The average molecular weight is 815 g/mol. The second-order valence-electron chi connectivity index (χ2n) is 17.2. The van der Waals surface area contributed by atoms with Gasteiger partial charge in [-0.25, -0.2) is 9.59 Å². The number of carbonyl (C=O) groups is 4. The number of hydrogen-bond acceptors (Lipinski definition) is 10. The van der Waals surface area contributed by atoms with Gasteiger partial charge in [0.1, 0.15) is 11.4 Å². The van der Waals surface area contributed by atoms with Crippen LogP contribution in [0.5, 0.6) is 0 Å². The molecule has 2 amide bonds. The van der Waals surface area contributed by atoms with E-state index in [1.54, 1.807) is 24.3 Å². The molecule has 3 aliphatic rings. The van der Waals surface area contributed by atoms with Crippen LogP contribution in [0.3, 0.4) is 0 Å². The Morgan fingerprint density at radius 2 is 1.05 bits per heavy atom. The van der Waals surface area contributed by atoms with Crippen LogP contribution >= 0.6 is 0 Å². The fourth-order valence-corrected chi connectivity index (χ4v) is 8.96. The maximum Gasteiger partial charge on any atom is 0.433 e. The Hall–Kier alpha value is -4.42. The van der Waals surface area contributed by atoms with Crippen LogP contribution in [0.4, 0.5) is 9.59 Å². The zero-order valence-electron chi connectivity index (χ0n) is 35.7. The third kappa shape index (κ3) is 11.9. The highest BCUT2D eigenvalue weighted by Gasteiger charge is 2.43. The predicted molar refractivity (Wildman–Crippen MR) is 230 cm³/mol. The summed E-state index contributed by atoms with van der Waals surface area (Å²) in [5.41, 5.74) is 3.15. The van der Waals surface area contributed by atoms with E-state index >= 15 is 0 Å². The number of hydrogen-bond donors (Lipinski definition) is 4. The number of nitrogens with one attached hydrogen (secondary N) is 2. The van der Waals surface area contributed by atoms with Crippen LogP contribution in [0.15, 0.2) is 46.7 Å². The molecule has 3 aliphatic carbocycles. The van der Waals surface area contributed by atoms with Crippen molar-refractivity contribution in [3.05, 3.63) is 58.7 Å². The zero-order chi connectivity index (χ0) is 42.4. The van der Waals surface area contributed by atoms with Crippen molar-refractivity contribution in [1.82, 2.24) is 10.6 Å². The summed E-state index contributed by atoms with van der Waals surface area (Å²) in [4.78, 5) is 64.5. The van der Waals surface area contributed by atoms with E-state index in [0.717, 1.165) is 75.3 Å². The quantitative estimate of drug-likeness (QED) is 0.0443. The molecule has 0 aromatic heterocycles. The molecule has 0 heterocycles. The molecule has 2 fully saturated rings. The monoisotopic (exact) mass is 814 g/mol. The third-order valence-electron chi connectivity index (χ3n) is 13.0. The van der Waals surface area contributed by atoms with Crippen molar-refractivity contribution < 1.29 is 39.1 Å². The lowest BCUT2D eigenvalue weighted by Gasteiger charge is -2.31. The Morgan fingerprint density at radius 1 is 0.661 bits per heavy atom. The van der Waals surface area contributed by atoms with Crippen molar-refractivity contribution in [1.29, 1.82) is 0 Å². The van der Waals surface area contributed by atoms with Crippen molar-refractivity contribution in [2.24, 2.45) is 34.0 Å². The summed E-state index contributed by atoms with van der Waals surface area (Å²) in [5.74, 6) is 0.233. The predicted octanol–water partition coefficient (Wildman–Crippen LogP) is 9.28. The van der Waals surface area contributed by atoms with Gasteiger partial charge in [-0.1, -0.05) is 114 Å². The summed E-state index contributed by atoms with van der Waals surface area (Å²) in [7, 11) is 0. The molecular weight excluding hydrogens is 749 g/mol. The van der Waals surface area contributed by atoms with Crippen LogP contribution in [-0.2, 0) is 15.1 Å². The van der Waals surface area contributed by atoms with Crippen LogP contribution in [0.1, 0.15) is 162 Å². The van der Waals surface area contributed by atoms with E-state index in [-0.39, 0.29) is 48.0 Å². The molecule has 2 atom stereocenters. The molecule has 322 valence electrons. The number of ketones is 2. The maximum atomic E-state index is 14.3. The minimum atomic E-state index is -0.780. The van der Waals surface area contributed by atoms with Crippen molar-refractivity contribution in [3.8, 4) is 11.1 Å². The van der Waals surface area contributed by atoms with E-state index in [1.807, 2.05) is 39.8 Å². The van der Waals surface area contributed by atoms with Crippen LogP contribution in [-0.4, -0.2) is 71.7 Å². The number of aliphatic hydroxyl groups excluding tert-OH is 2. The summed E-state index contributed by atoms with van der Waals surface area (Å²) in [6.07, 6.45) is 12.7. The second kappa shape index (κ2) is 22.3. The van der Waals surface area contributed by atoms with Crippen LogP contribution in [0.2, 0.25) is 0 Å². The molecule has 59 heavy (non-hydrogen) atoms. The molecular formula is C47H66N4O8. The normalized spacial score (nSPS) is 18.0. The summed E-state index contributed by atoms with van der Waals surface area (Å²) in [6.45, 7) is 8.77. The Morgan fingerprint density at radius 3 is 1.41 bits per heavy atom. The topological polar surface area (TPSA) is 176 Å². The molecule has 0 aliphatic heterocycles. The molecule has 0 spiro atoms. The van der Waals surface area contributed by atoms with Gasteiger partial charge in [0.05, 0.1) is 0 Å². The molecule has 0 bridgehead atoms. The number of Topliss-reactive ketones (excluding diaryl/α,β-unsaturated/α-hetero) is 2. The van der Waals surface area contributed by atoms with E-state index < -0.39 is 17.6 Å². The second-order valence-corrected chi connectivity index (χ2v) is 17.2. The average Bonchev–Trinajstić information content (AvgIpc) is 3.52. The lowest BCUT2D eigenvalue weighted by Crippen LogP contribution is -2.30. The fraction of sp³-hybridized carbons (Fsp3) is 0.617. The summed E-state index contributed by atoms with van der Waals surface area (Å²) < 4.78 is 0. The van der Waals surface area contributed by atoms with Crippen molar-refractivity contribution in [2.45, 2.75) is 136 Å². The summed E-state index contributed by atoms with van der Waals surface area (Å²) >= 11 is 0. The van der Waals surface area contributed by atoms with E-state index in [0.29, 0.717) is 72.9 Å². The smallest absolute Gasteiger partial charge is 0.396 e. The van der Waals surface area contributed by atoms with Crippen molar-refractivity contribution in [3.63, 3.8) is 0 Å². The molecule has 12 heteroatoms. The first kappa shape index (κ1) is 45.7. The summed E-state index contributed by atoms with van der Waals surface area (Å²) in [5, 5.41) is 34.5. The molecule has 0 radical (unpaired) electrons. The van der Waals surface area contributed by atoms with Crippen molar-refractivity contribution in [2.75, 3.05) is 26.3 Å². The highest BCUT2D eigenvalue weighted by molar-refractivity contribution is 6.46. The van der Waals surface area contributed by atoms with Gasteiger partial charge in [-0.2, -0.15) is 0 Å². The van der Waals surface area contributed by atoms with Crippen LogP contribution < -0.4 is 10.6 Å². The zero-order valence-corrected chi connectivity index (χ0v) is 35.7. The number of oxime groups is 2. The summed E-state index contributed by atoms with van der Waals surface area (Å²) in [6, 6.07) is 10.7. The van der Waals surface area contributed by atoms with Gasteiger partial charge in [-0.3, -0.25) is 19.3 Å². The van der Waals surface area contributed by atoms with Gasteiger partial charge in [-0.15, -0.1) is 0 Å². The molecule has 2 unspecified atom stereocenters. The SMILES string of the molecule is CCC(C)C/C(=N\OC(=O)NCC1CCCCC1)C(=O)c1ccc2c(c1)-c1cc(C(=O)/C(CC(C)CC)=N/OC(=O)NCC3CCCCC3)ccc1C2(CCO)CCO. The van der Waals surface area contributed by atoms with Crippen LogP contribution in [0.25, 0.3) is 11.1 Å². The first-order valence-electron chi connectivity index (χ1n) is 22.2. The molecule has 12 nitrogen and oxygen atoms in total. The van der Waals surface area contributed by atoms with E-state index in [2.05, 4.69) is 20.9 Å².